The lowest BCUT2D eigenvalue weighted by atomic mass is 10.1. The average molecular weight is 277 g/mol. The highest BCUT2D eigenvalue weighted by atomic mass is 79.9. The molecule has 0 radical (unpaired) electrons. The summed E-state index contributed by atoms with van der Waals surface area (Å²) >= 11 is 3.56. The molecule has 0 amide bonds. The number of benzene rings is 1. The second-order valence-electron chi connectivity index (χ2n) is 3.86. The molecule has 1 aromatic carbocycles. The summed E-state index contributed by atoms with van der Waals surface area (Å²) in [7, 11) is 0. The summed E-state index contributed by atoms with van der Waals surface area (Å²) < 4.78 is 1.20. The highest BCUT2D eigenvalue weighted by Gasteiger charge is 2.50. The lowest BCUT2D eigenvalue weighted by Crippen LogP contribution is -2.22. The summed E-state index contributed by atoms with van der Waals surface area (Å²) in [5.41, 5.74) is 7.61. The minimum Gasteiger partial charge on any atom is -0.325 e. The molecule has 0 spiro atoms. The molecule has 3 heteroatoms. The Bertz CT molecular complexity index is 329. The second-order valence-corrected chi connectivity index (χ2v) is 4.72. The van der Waals surface area contributed by atoms with Crippen LogP contribution in [0.5, 0.6) is 0 Å². The summed E-state index contributed by atoms with van der Waals surface area (Å²) in [5, 5.41) is 0. The topological polar surface area (TPSA) is 26.0 Å². The van der Waals surface area contributed by atoms with Crippen LogP contribution in [0.3, 0.4) is 0 Å². The van der Waals surface area contributed by atoms with Gasteiger partial charge in [-0.25, -0.2) is 0 Å². The number of hydrogen-bond acceptors (Lipinski definition) is 1. The Morgan fingerprint density at radius 1 is 1.50 bits per heavy atom. The fourth-order valence-corrected chi connectivity index (χ4v) is 2.45. The molecule has 1 fully saturated rings. The average Bonchev–Trinajstić information content (AvgIpc) is 2.80. The van der Waals surface area contributed by atoms with Crippen LogP contribution in [0.1, 0.15) is 31.2 Å². The van der Waals surface area contributed by atoms with E-state index >= 15 is 0 Å². The van der Waals surface area contributed by atoms with Gasteiger partial charge in [-0.2, -0.15) is 0 Å². The van der Waals surface area contributed by atoms with Crippen LogP contribution in [0.4, 0.5) is 0 Å². The quantitative estimate of drug-likeness (QED) is 0.879. The van der Waals surface area contributed by atoms with Gasteiger partial charge < -0.3 is 5.73 Å². The van der Waals surface area contributed by atoms with Gasteiger partial charge in [-0.15, -0.1) is 12.4 Å². The molecule has 0 bridgehead atoms. The Kier molecular flexibility index (Phi) is 3.62. The highest BCUT2D eigenvalue weighted by Crippen LogP contribution is 2.52. The van der Waals surface area contributed by atoms with Crippen LogP contribution in [0, 0.1) is 0 Å². The number of rotatable bonds is 2. The molecule has 1 aliphatic rings. The first-order chi connectivity index (χ1) is 6.17. The van der Waals surface area contributed by atoms with Crippen LogP contribution < -0.4 is 5.73 Å². The molecule has 1 nitrogen and oxygen atoms in total. The van der Waals surface area contributed by atoms with Gasteiger partial charge in [-0.3, -0.25) is 0 Å². The highest BCUT2D eigenvalue weighted by molar-refractivity contribution is 9.10. The fraction of sp³-hybridized carbons (Fsp3) is 0.455. The lowest BCUT2D eigenvalue weighted by Gasteiger charge is -2.08. The Balaban J connectivity index is 0.000000980. The molecule has 0 heterocycles. The molecule has 2 rings (SSSR count). The van der Waals surface area contributed by atoms with Crippen molar-refractivity contribution in [3.05, 3.63) is 34.3 Å². The second kappa shape index (κ2) is 4.21. The third-order valence-corrected chi connectivity index (χ3v) is 3.78. The van der Waals surface area contributed by atoms with Gasteiger partial charge in [0.05, 0.1) is 0 Å². The molecule has 0 saturated heterocycles. The van der Waals surface area contributed by atoms with Crippen molar-refractivity contribution in [2.75, 3.05) is 0 Å². The van der Waals surface area contributed by atoms with E-state index < -0.39 is 0 Å². The smallest absolute Gasteiger partial charge is 0.0228 e. The molecule has 2 atom stereocenters. The van der Waals surface area contributed by atoms with E-state index in [4.69, 9.17) is 5.73 Å². The monoisotopic (exact) mass is 275 g/mol. The first-order valence-corrected chi connectivity index (χ1v) is 5.50. The van der Waals surface area contributed by atoms with Gasteiger partial charge >= 0.3 is 0 Å². The molecule has 1 aliphatic carbocycles. The van der Waals surface area contributed by atoms with E-state index in [1.54, 1.807) is 0 Å². The normalized spacial score (nSPS) is 29.5. The number of halogens is 2. The minimum absolute atomic E-state index is 0. The molecule has 14 heavy (non-hydrogen) atoms. The molecular formula is C11H15BrClN. The first-order valence-electron chi connectivity index (χ1n) is 4.70. The summed E-state index contributed by atoms with van der Waals surface area (Å²) in [6.07, 6.45) is 2.20. The van der Waals surface area contributed by atoms with Gasteiger partial charge in [0.15, 0.2) is 0 Å². The van der Waals surface area contributed by atoms with Crippen LogP contribution in [0.2, 0.25) is 0 Å². The summed E-state index contributed by atoms with van der Waals surface area (Å²) in [6.45, 7) is 2.16. The predicted octanol–water partition coefficient (Wildman–Crippen LogP) is 3.47. The van der Waals surface area contributed by atoms with Crippen LogP contribution in [0.25, 0.3) is 0 Å². The van der Waals surface area contributed by atoms with Crippen molar-refractivity contribution in [1.29, 1.82) is 0 Å². The molecule has 1 aromatic rings. The molecule has 1 saturated carbocycles. The predicted molar refractivity (Wildman–Crippen MR) is 66.0 cm³/mol. The molecule has 0 aromatic heterocycles. The van der Waals surface area contributed by atoms with Crippen molar-refractivity contribution in [1.82, 2.24) is 0 Å². The van der Waals surface area contributed by atoms with Crippen molar-refractivity contribution >= 4 is 28.3 Å². The summed E-state index contributed by atoms with van der Waals surface area (Å²) in [6, 6.07) is 8.37. The van der Waals surface area contributed by atoms with E-state index in [9.17, 15) is 0 Å². The number of hydrogen-bond donors (Lipinski definition) is 1. The van der Waals surface area contributed by atoms with E-state index in [0.29, 0.717) is 5.92 Å². The molecule has 0 aliphatic heterocycles. The molecular weight excluding hydrogens is 261 g/mol. The SMILES string of the molecule is CCC1(N)CC1c1ccccc1Br.Cl. The van der Waals surface area contributed by atoms with Crippen molar-refractivity contribution in [3.8, 4) is 0 Å². The maximum Gasteiger partial charge on any atom is 0.0228 e. The van der Waals surface area contributed by atoms with Crippen molar-refractivity contribution in [2.45, 2.75) is 31.2 Å². The third kappa shape index (κ3) is 1.97. The van der Waals surface area contributed by atoms with Gasteiger partial charge in [0, 0.05) is 15.9 Å². The lowest BCUT2D eigenvalue weighted by molar-refractivity contribution is 0.625. The van der Waals surface area contributed by atoms with Crippen LogP contribution in [0.15, 0.2) is 28.7 Å². The van der Waals surface area contributed by atoms with E-state index in [1.807, 2.05) is 6.07 Å². The Labute approximate surface area is 99.6 Å². The Morgan fingerprint density at radius 2 is 2.14 bits per heavy atom. The summed E-state index contributed by atoms with van der Waals surface area (Å²) in [4.78, 5) is 0. The maximum atomic E-state index is 6.17. The minimum atomic E-state index is 0. The van der Waals surface area contributed by atoms with Crippen LogP contribution >= 0.6 is 28.3 Å². The third-order valence-electron chi connectivity index (χ3n) is 3.06. The van der Waals surface area contributed by atoms with Gasteiger partial charge in [0.25, 0.3) is 0 Å². The van der Waals surface area contributed by atoms with Gasteiger partial charge in [0.2, 0.25) is 0 Å². The van der Waals surface area contributed by atoms with E-state index in [0.717, 1.165) is 12.8 Å². The Hall–Kier alpha value is -0.0500. The van der Waals surface area contributed by atoms with Gasteiger partial charge in [-0.05, 0) is 24.5 Å². The van der Waals surface area contributed by atoms with Crippen LogP contribution in [-0.2, 0) is 0 Å². The first kappa shape index (κ1) is 12.0. The Morgan fingerprint density at radius 3 is 2.64 bits per heavy atom. The molecule has 78 valence electrons. The van der Waals surface area contributed by atoms with E-state index in [-0.39, 0.29) is 17.9 Å². The largest absolute Gasteiger partial charge is 0.325 e. The van der Waals surface area contributed by atoms with Gasteiger partial charge in [-0.1, -0.05) is 41.1 Å². The zero-order valence-electron chi connectivity index (χ0n) is 8.16. The molecule has 2 unspecified atom stereocenters. The standard InChI is InChI=1S/C11H14BrN.ClH/c1-2-11(13)7-9(11)8-5-3-4-6-10(8)12;/h3-6,9H,2,7,13H2,1H3;1H. The summed E-state index contributed by atoms with van der Waals surface area (Å²) in [5.74, 6) is 0.563. The fourth-order valence-electron chi connectivity index (χ4n) is 1.89. The van der Waals surface area contributed by atoms with Crippen LogP contribution in [-0.4, -0.2) is 5.54 Å². The molecule has 2 N–H and O–H groups in total. The van der Waals surface area contributed by atoms with Crippen molar-refractivity contribution in [2.24, 2.45) is 5.73 Å². The van der Waals surface area contributed by atoms with E-state index in [2.05, 4.69) is 41.1 Å². The van der Waals surface area contributed by atoms with Crippen molar-refractivity contribution in [3.63, 3.8) is 0 Å². The van der Waals surface area contributed by atoms with Crippen molar-refractivity contribution < 1.29 is 0 Å². The van der Waals surface area contributed by atoms with Gasteiger partial charge in [0.1, 0.15) is 0 Å². The van der Waals surface area contributed by atoms with E-state index in [1.165, 1.54) is 10.0 Å². The maximum absolute atomic E-state index is 6.17. The zero-order chi connectivity index (χ0) is 9.47. The number of nitrogens with two attached hydrogens (primary N) is 1. The zero-order valence-corrected chi connectivity index (χ0v) is 10.6.